The van der Waals surface area contributed by atoms with Gasteiger partial charge in [0.2, 0.25) is 11.8 Å². The lowest BCUT2D eigenvalue weighted by atomic mass is 10.5. The van der Waals surface area contributed by atoms with Crippen LogP contribution in [0.15, 0.2) is 25.3 Å². The lowest BCUT2D eigenvalue weighted by Gasteiger charge is -2.01. The number of nitrogens with one attached hydrogen (secondary N) is 2. The highest BCUT2D eigenvalue weighted by Crippen LogP contribution is 1.67. The number of hydrogen-bond donors (Lipinski definition) is 2. The van der Waals surface area contributed by atoms with Crippen molar-refractivity contribution in [1.29, 1.82) is 0 Å². The summed E-state index contributed by atoms with van der Waals surface area (Å²) in [5, 5.41) is 5.01. The zero-order valence-electron chi connectivity index (χ0n) is 6.80. The Labute approximate surface area is 71.3 Å². The molecule has 0 aromatic carbocycles. The van der Waals surface area contributed by atoms with Gasteiger partial charge in [-0.15, -0.1) is 0 Å². The Morgan fingerprint density at radius 2 is 1.33 bits per heavy atom. The number of rotatable bonds is 5. The lowest BCUT2D eigenvalue weighted by Crippen LogP contribution is -2.32. The molecule has 2 amide bonds. The van der Waals surface area contributed by atoms with E-state index in [4.69, 9.17) is 0 Å². The van der Waals surface area contributed by atoms with Gasteiger partial charge in [0, 0.05) is 13.1 Å². The van der Waals surface area contributed by atoms with Crippen molar-refractivity contribution in [2.75, 3.05) is 13.1 Å². The molecule has 0 radical (unpaired) electrons. The van der Waals surface area contributed by atoms with Gasteiger partial charge in [0.15, 0.2) is 0 Å². The summed E-state index contributed by atoms with van der Waals surface area (Å²) < 4.78 is 0. The third kappa shape index (κ3) is 5.22. The SMILES string of the molecule is C=CC(=O)NCCNC(=O)C=C. The van der Waals surface area contributed by atoms with Crippen molar-refractivity contribution in [3.8, 4) is 0 Å². The number of carbonyl (C=O) groups is 2. The maximum absolute atomic E-state index is 10.6. The fourth-order valence-corrected chi connectivity index (χ4v) is 0.516. The second-order valence-corrected chi connectivity index (χ2v) is 1.99. The fourth-order valence-electron chi connectivity index (χ4n) is 0.516. The van der Waals surface area contributed by atoms with Crippen LogP contribution in [0.2, 0.25) is 0 Å². The summed E-state index contributed by atoms with van der Waals surface area (Å²) in [7, 11) is 0. The predicted octanol–water partition coefficient (Wildman–Crippen LogP) is -0.409. The highest BCUT2D eigenvalue weighted by molar-refractivity contribution is 5.87. The van der Waals surface area contributed by atoms with Crippen LogP contribution in [0.4, 0.5) is 0 Å². The number of hydrogen-bond acceptors (Lipinski definition) is 2. The van der Waals surface area contributed by atoms with Gasteiger partial charge in [-0.3, -0.25) is 9.59 Å². The molecular formula is C8H12N2O2. The van der Waals surface area contributed by atoms with Crippen LogP contribution in [-0.4, -0.2) is 24.9 Å². The number of amides is 2. The Kier molecular flexibility index (Phi) is 5.34. The maximum atomic E-state index is 10.6. The summed E-state index contributed by atoms with van der Waals surface area (Å²) in [4.78, 5) is 21.1. The quantitative estimate of drug-likeness (QED) is 0.433. The highest BCUT2D eigenvalue weighted by Gasteiger charge is 1.93. The van der Waals surface area contributed by atoms with Crippen LogP contribution in [0.3, 0.4) is 0 Å². The van der Waals surface area contributed by atoms with E-state index in [9.17, 15) is 9.59 Å². The minimum absolute atomic E-state index is 0.247. The third-order valence-electron chi connectivity index (χ3n) is 1.09. The average molecular weight is 168 g/mol. The standard InChI is InChI=1S/C8H12N2O2/c1-3-7(11)9-5-6-10-8(12)4-2/h3-4H,1-2,5-6H2,(H,9,11)(H,10,12). The molecule has 0 saturated carbocycles. The zero-order chi connectivity index (χ0) is 9.40. The minimum Gasteiger partial charge on any atom is -0.351 e. The molecule has 12 heavy (non-hydrogen) atoms. The first-order valence-corrected chi connectivity index (χ1v) is 3.51. The highest BCUT2D eigenvalue weighted by atomic mass is 16.2. The molecule has 0 bridgehead atoms. The summed E-state index contributed by atoms with van der Waals surface area (Å²) in [5.41, 5.74) is 0. The van der Waals surface area contributed by atoms with Crippen LogP contribution >= 0.6 is 0 Å². The first-order chi connectivity index (χ1) is 5.70. The van der Waals surface area contributed by atoms with E-state index in [-0.39, 0.29) is 11.8 Å². The normalized spacial score (nSPS) is 8.33. The Hall–Kier alpha value is -1.58. The molecule has 0 aromatic rings. The van der Waals surface area contributed by atoms with Crippen molar-refractivity contribution in [3.05, 3.63) is 25.3 Å². The molecule has 66 valence electrons. The van der Waals surface area contributed by atoms with E-state index in [1.54, 1.807) is 0 Å². The molecule has 4 nitrogen and oxygen atoms in total. The van der Waals surface area contributed by atoms with E-state index in [1.807, 2.05) is 0 Å². The van der Waals surface area contributed by atoms with E-state index < -0.39 is 0 Å². The molecular weight excluding hydrogens is 156 g/mol. The van der Waals surface area contributed by atoms with Crippen LogP contribution in [-0.2, 0) is 9.59 Å². The van der Waals surface area contributed by atoms with Gasteiger partial charge in [-0.05, 0) is 12.2 Å². The van der Waals surface area contributed by atoms with Gasteiger partial charge in [0.25, 0.3) is 0 Å². The van der Waals surface area contributed by atoms with Crippen molar-refractivity contribution < 1.29 is 9.59 Å². The van der Waals surface area contributed by atoms with Crippen molar-refractivity contribution >= 4 is 11.8 Å². The maximum Gasteiger partial charge on any atom is 0.243 e. The van der Waals surface area contributed by atoms with Gasteiger partial charge in [-0.1, -0.05) is 13.2 Å². The summed E-state index contributed by atoms with van der Waals surface area (Å²) >= 11 is 0. The van der Waals surface area contributed by atoms with E-state index in [0.717, 1.165) is 0 Å². The van der Waals surface area contributed by atoms with Gasteiger partial charge in [-0.25, -0.2) is 0 Å². The lowest BCUT2D eigenvalue weighted by molar-refractivity contribution is -0.118. The Morgan fingerprint density at radius 3 is 1.58 bits per heavy atom. The summed E-state index contributed by atoms with van der Waals surface area (Å²) in [6.45, 7) is 7.34. The van der Waals surface area contributed by atoms with E-state index in [2.05, 4.69) is 23.8 Å². The second kappa shape index (κ2) is 6.15. The molecule has 0 rings (SSSR count). The summed E-state index contributed by atoms with van der Waals surface area (Å²) in [5.74, 6) is -0.495. The molecule has 0 spiro atoms. The van der Waals surface area contributed by atoms with Gasteiger partial charge < -0.3 is 10.6 Å². The predicted molar refractivity (Wildman–Crippen MR) is 46.4 cm³/mol. The average Bonchev–Trinajstić information content (AvgIpc) is 2.11. The molecule has 4 heteroatoms. The van der Waals surface area contributed by atoms with Crippen molar-refractivity contribution in [2.24, 2.45) is 0 Å². The molecule has 0 aromatic heterocycles. The van der Waals surface area contributed by atoms with Crippen molar-refractivity contribution in [3.63, 3.8) is 0 Å². The van der Waals surface area contributed by atoms with Gasteiger partial charge in [0.05, 0.1) is 0 Å². The monoisotopic (exact) mass is 168 g/mol. The largest absolute Gasteiger partial charge is 0.351 e. The molecule has 2 N–H and O–H groups in total. The van der Waals surface area contributed by atoms with E-state index in [1.165, 1.54) is 12.2 Å². The van der Waals surface area contributed by atoms with E-state index >= 15 is 0 Å². The Morgan fingerprint density at radius 1 is 1.00 bits per heavy atom. The smallest absolute Gasteiger partial charge is 0.243 e. The van der Waals surface area contributed by atoms with Crippen LogP contribution in [0.1, 0.15) is 0 Å². The molecule has 0 aliphatic rings. The molecule has 0 aliphatic heterocycles. The van der Waals surface area contributed by atoms with Gasteiger partial charge in [0.1, 0.15) is 0 Å². The summed E-state index contributed by atoms with van der Waals surface area (Å²) in [6.07, 6.45) is 2.35. The molecule has 0 saturated heterocycles. The van der Waals surface area contributed by atoms with Gasteiger partial charge in [-0.2, -0.15) is 0 Å². The van der Waals surface area contributed by atoms with Crippen LogP contribution in [0, 0.1) is 0 Å². The number of carbonyl (C=O) groups excluding carboxylic acids is 2. The van der Waals surface area contributed by atoms with Crippen LogP contribution < -0.4 is 10.6 Å². The second-order valence-electron chi connectivity index (χ2n) is 1.99. The Bertz CT molecular complexity index is 177. The molecule has 0 fully saturated rings. The molecule has 0 heterocycles. The van der Waals surface area contributed by atoms with Crippen LogP contribution in [0.25, 0.3) is 0 Å². The topological polar surface area (TPSA) is 58.2 Å². The van der Waals surface area contributed by atoms with Gasteiger partial charge >= 0.3 is 0 Å². The van der Waals surface area contributed by atoms with Crippen molar-refractivity contribution in [1.82, 2.24) is 10.6 Å². The Balaban J connectivity index is 3.32. The third-order valence-corrected chi connectivity index (χ3v) is 1.09. The minimum atomic E-state index is -0.247. The first kappa shape index (κ1) is 10.4. The molecule has 0 unspecified atom stereocenters. The molecule has 0 atom stereocenters. The van der Waals surface area contributed by atoms with Crippen LogP contribution in [0.5, 0.6) is 0 Å². The zero-order valence-corrected chi connectivity index (χ0v) is 6.80. The van der Waals surface area contributed by atoms with E-state index in [0.29, 0.717) is 13.1 Å². The summed E-state index contributed by atoms with van der Waals surface area (Å²) in [6, 6.07) is 0. The van der Waals surface area contributed by atoms with Crippen molar-refractivity contribution in [2.45, 2.75) is 0 Å². The molecule has 0 aliphatic carbocycles. The first-order valence-electron chi connectivity index (χ1n) is 3.51. The fraction of sp³-hybridized carbons (Fsp3) is 0.250.